The highest BCUT2D eigenvalue weighted by Crippen LogP contribution is 2.14. The lowest BCUT2D eigenvalue weighted by molar-refractivity contribution is 0.0981. The topological polar surface area (TPSA) is 104 Å². The molecule has 0 saturated carbocycles. The third-order valence-electron chi connectivity index (χ3n) is 2.19. The highest BCUT2D eigenvalue weighted by molar-refractivity contribution is 7.90. The van der Waals surface area contributed by atoms with E-state index in [1.165, 1.54) is 0 Å². The van der Waals surface area contributed by atoms with Gasteiger partial charge in [-0.15, -0.1) is 0 Å². The van der Waals surface area contributed by atoms with Crippen LogP contribution >= 0.6 is 0 Å². The van der Waals surface area contributed by atoms with Gasteiger partial charge in [0.2, 0.25) is 10.0 Å². The van der Waals surface area contributed by atoms with E-state index in [0.717, 1.165) is 0 Å². The van der Waals surface area contributed by atoms with Crippen LogP contribution in [-0.4, -0.2) is 40.0 Å². The zero-order valence-corrected chi connectivity index (χ0v) is 9.11. The molecule has 1 aliphatic rings. The first-order valence-corrected chi connectivity index (χ1v) is 6.28. The molecule has 0 aliphatic carbocycles. The summed E-state index contributed by atoms with van der Waals surface area (Å²) in [5, 5.41) is 2.87. The van der Waals surface area contributed by atoms with Crippen LogP contribution in [0.4, 0.5) is 0 Å². The number of sulfonamides is 1. The fourth-order valence-corrected chi connectivity index (χ4v) is 2.81. The van der Waals surface area contributed by atoms with Gasteiger partial charge in [0, 0.05) is 31.2 Å². The van der Waals surface area contributed by atoms with Gasteiger partial charge in [-0.3, -0.25) is 0 Å². The molecular weight excluding hydrogens is 220 g/mol. The Bertz CT molecular complexity index is 330. The quantitative estimate of drug-likeness (QED) is 0.322. The van der Waals surface area contributed by atoms with Gasteiger partial charge in [0.25, 0.3) is 0 Å². The highest BCUT2D eigenvalue weighted by atomic mass is 32.2. The number of nitrogens with one attached hydrogen (secondary N) is 1. The molecule has 0 aromatic carbocycles. The molecule has 86 valence electrons. The monoisotopic (exact) mass is 234 g/mol. The zero-order chi connectivity index (χ0) is 11.1. The first-order valence-electron chi connectivity index (χ1n) is 4.74. The van der Waals surface area contributed by atoms with Crippen molar-refractivity contribution in [1.82, 2.24) is 4.72 Å². The molecular formula is C7H14N4O3S. The Morgan fingerprint density at radius 1 is 1.47 bits per heavy atom. The summed E-state index contributed by atoms with van der Waals surface area (Å²) in [6.45, 7) is 1.27. The third kappa shape index (κ3) is 4.05. The van der Waals surface area contributed by atoms with Crippen LogP contribution in [0.2, 0.25) is 0 Å². The van der Waals surface area contributed by atoms with Crippen molar-refractivity contribution < 1.29 is 13.2 Å². The predicted molar refractivity (Wildman–Crippen MR) is 54.8 cm³/mol. The zero-order valence-electron chi connectivity index (χ0n) is 8.29. The Morgan fingerprint density at radius 3 is 2.73 bits per heavy atom. The number of nitrogens with zero attached hydrogens (tertiary/aromatic N) is 3. The molecule has 1 saturated heterocycles. The minimum atomic E-state index is -3.28. The van der Waals surface area contributed by atoms with Gasteiger partial charge in [-0.1, -0.05) is 5.11 Å². The predicted octanol–water partition coefficient (Wildman–Crippen LogP) is 0.395. The van der Waals surface area contributed by atoms with Crippen molar-refractivity contribution in [3.05, 3.63) is 10.4 Å². The standard InChI is InChI=1S/C7H14N4O3S/c8-11-9-3-4-10-15(12,13)7-1-5-14-6-2-7/h7,10H,1-6H2. The lowest BCUT2D eigenvalue weighted by Crippen LogP contribution is -2.38. The Labute approximate surface area is 88.5 Å². The van der Waals surface area contributed by atoms with Gasteiger partial charge in [-0.05, 0) is 18.4 Å². The molecule has 0 aromatic rings. The van der Waals surface area contributed by atoms with Crippen molar-refractivity contribution in [1.29, 1.82) is 0 Å². The Morgan fingerprint density at radius 2 is 2.13 bits per heavy atom. The smallest absolute Gasteiger partial charge is 0.214 e. The van der Waals surface area contributed by atoms with Crippen molar-refractivity contribution in [3.8, 4) is 0 Å². The molecule has 1 aliphatic heterocycles. The molecule has 0 spiro atoms. The largest absolute Gasteiger partial charge is 0.381 e. The van der Waals surface area contributed by atoms with E-state index in [1.807, 2.05) is 0 Å². The molecule has 15 heavy (non-hydrogen) atoms. The van der Waals surface area contributed by atoms with Crippen LogP contribution in [0, 0.1) is 0 Å². The summed E-state index contributed by atoms with van der Waals surface area (Å²) in [4.78, 5) is 2.54. The molecule has 1 N–H and O–H groups in total. The van der Waals surface area contributed by atoms with E-state index in [0.29, 0.717) is 26.1 Å². The summed E-state index contributed by atoms with van der Waals surface area (Å²) in [5.74, 6) is 0. The third-order valence-corrected chi connectivity index (χ3v) is 4.14. The van der Waals surface area contributed by atoms with Gasteiger partial charge in [-0.25, -0.2) is 13.1 Å². The van der Waals surface area contributed by atoms with E-state index in [4.69, 9.17) is 10.3 Å². The number of azide groups is 1. The minimum Gasteiger partial charge on any atom is -0.381 e. The lowest BCUT2D eigenvalue weighted by Gasteiger charge is -2.22. The molecule has 0 aromatic heterocycles. The molecule has 7 nitrogen and oxygen atoms in total. The fraction of sp³-hybridized carbons (Fsp3) is 1.00. The first-order chi connectivity index (χ1) is 7.17. The average Bonchev–Trinajstić information content (AvgIpc) is 2.26. The fourth-order valence-electron chi connectivity index (χ4n) is 1.39. The summed E-state index contributed by atoms with van der Waals surface area (Å²) in [6.07, 6.45) is 1.05. The van der Waals surface area contributed by atoms with Crippen molar-refractivity contribution >= 4 is 10.0 Å². The Kier molecular flexibility index (Phi) is 4.83. The number of hydrogen-bond donors (Lipinski definition) is 1. The molecule has 0 radical (unpaired) electrons. The lowest BCUT2D eigenvalue weighted by atomic mass is 10.2. The number of rotatable bonds is 5. The van der Waals surface area contributed by atoms with Crippen LogP contribution in [0.1, 0.15) is 12.8 Å². The summed E-state index contributed by atoms with van der Waals surface area (Å²) >= 11 is 0. The minimum absolute atomic E-state index is 0.138. The van der Waals surface area contributed by atoms with Gasteiger partial charge < -0.3 is 4.74 Å². The summed E-state index contributed by atoms with van der Waals surface area (Å²) in [6, 6.07) is 0. The molecule has 0 atom stereocenters. The highest BCUT2D eigenvalue weighted by Gasteiger charge is 2.26. The maximum atomic E-state index is 11.6. The van der Waals surface area contributed by atoms with Crippen molar-refractivity contribution in [2.75, 3.05) is 26.3 Å². The normalized spacial score (nSPS) is 18.4. The molecule has 1 rings (SSSR count). The number of ether oxygens (including phenoxy) is 1. The van der Waals surface area contributed by atoms with Crippen LogP contribution in [0.5, 0.6) is 0 Å². The van der Waals surface area contributed by atoms with Crippen LogP contribution in [-0.2, 0) is 14.8 Å². The van der Waals surface area contributed by atoms with Gasteiger partial charge in [0.15, 0.2) is 0 Å². The maximum absolute atomic E-state index is 11.6. The van der Waals surface area contributed by atoms with E-state index < -0.39 is 10.0 Å². The first kappa shape index (κ1) is 12.3. The van der Waals surface area contributed by atoms with Crippen LogP contribution < -0.4 is 4.72 Å². The molecule has 8 heteroatoms. The van der Waals surface area contributed by atoms with Crippen molar-refractivity contribution in [2.24, 2.45) is 5.11 Å². The molecule has 1 heterocycles. The van der Waals surface area contributed by atoms with Crippen LogP contribution in [0.25, 0.3) is 10.4 Å². The summed E-state index contributed by atoms with van der Waals surface area (Å²) in [5.41, 5.74) is 8.01. The van der Waals surface area contributed by atoms with Gasteiger partial charge in [0.05, 0.1) is 5.25 Å². The van der Waals surface area contributed by atoms with Gasteiger partial charge in [-0.2, -0.15) is 0 Å². The van der Waals surface area contributed by atoms with E-state index in [2.05, 4.69) is 14.7 Å². The second kappa shape index (κ2) is 5.92. The Balaban J connectivity index is 2.39. The molecule has 0 unspecified atom stereocenters. The molecule has 0 bridgehead atoms. The maximum Gasteiger partial charge on any atom is 0.214 e. The summed E-state index contributed by atoms with van der Waals surface area (Å²) < 4.78 is 30.8. The van der Waals surface area contributed by atoms with Gasteiger partial charge >= 0.3 is 0 Å². The average molecular weight is 234 g/mol. The Hall–Kier alpha value is -0.820. The second-order valence-corrected chi connectivity index (χ2v) is 5.25. The summed E-state index contributed by atoms with van der Waals surface area (Å²) in [7, 11) is -3.28. The molecule has 0 amide bonds. The SMILES string of the molecule is [N-]=[N+]=NCCNS(=O)(=O)C1CCOCC1. The van der Waals surface area contributed by atoms with E-state index in [-0.39, 0.29) is 18.3 Å². The van der Waals surface area contributed by atoms with Crippen molar-refractivity contribution in [2.45, 2.75) is 18.1 Å². The van der Waals surface area contributed by atoms with Crippen LogP contribution in [0.3, 0.4) is 0 Å². The van der Waals surface area contributed by atoms with Gasteiger partial charge in [0.1, 0.15) is 0 Å². The van der Waals surface area contributed by atoms with E-state index >= 15 is 0 Å². The van der Waals surface area contributed by atoms with Crippen LogP contribution in [0.15, 0.2) is 5.11 Å². The van der Waals surface area contributed by atoms with E-state index in [1.54, 1.807) is 0 Å². The van der Waals surface area contributed by atoms with E-state index in [9.17, 15) is 8.42 Å². The van der Waals surface area contributed by atoms with Crippen molar-refractivity contribution in [3.63, 3.8) is 0 Å². The number of hydrogen-bond acceptors (Lipinski definition) is 4. The second-order valence-electron chi connectivity index (χ2n) is 3.21. The molecule has 1 fully saturated rings.